The molecule has 2 aromatic carbocycles. The summed E-state index contributed by atoms with van der Waals surface area (Å²) >= 11 is 3.47. The molecule has 0 unspecified atom stereocenters. The Kier molecular flexibility index (Phi) is 5.65. The number of para-hydroxylation sites is 1. The molecule has 3 nitrogen and oxygen atoms in total. The van der Waals surface area contributed by atoms with Gasteiger partial charge in [0.1, 0.15) is 18.1 Å². The first-order chi connectivity index (χ1) is 10.2. The SMILES string of the molecule is CC[C@H](N)c1ccccc1OCc1cc(Br)ccc1OC. The molecule has 0 bridgehead atoms. The summed E-state index contributed by atoms with van der Waals surface area (Å²) in [5, 5.41) is 0. The molecule has 112 valence electrons. The number of rotatable bonds is 6. The van der Waals surface area contributed by atoms with Gasteiger partial charge in [-0.25, -0.2) is 0 Å². The van der Waals surface area contributed by atoms with Crippen LogP contribution in [-0.4, -0.2) is 7.11 Å². The minimum Gasteiger partial charge on any atom is -0.496 e. The second kappa shape index (κ2) is 7.48. The van der Waals surface area contributed by atoms with Gasteiger partial charge in [0.15, 0.2) is 0 Å². The van der Waals surface area contributed by atoms with E-state index in [9.17, 15) is 0 Å². The van der Waals surface area contributed by atoms with Crippen LogP contribution in [-0.2, 0) is 6.61 Å². The van der Waals surface area contributed by atoms with Gasteiger partial charge in [0.25, 0.3) is 0 Å². The van der Waals surface area contributed by atoms with E-state index in [0.717, 1.165) is 33.5 Å². The Hall–Kier alpha value is -1.52. The fourth-order valence-corrected chi connectivity index (χ4v) is 2.56. The van der Waals surface area contributed by atoms with Crippen LogP contribution >= 0.6 is 15.9 Å². The Morgan fingerprint density at radius 1 is 1.14 bits per heavy atom. The summed E-state index contributed by atoms with van der Waals surface area (Å²) in [6.45, 7) is 2.51. The molecule has 0 spiro atoms. The highest BCUT2D eigenvalue weighted by molar-refractivity contribution is 9.10. The number of hydrogen-bond acceptors (Lipinski definition) is 3. The number of nitrogens with two attached hydrogens (primary N) is 1. The average Bonchev–Trinajstić information content (AvgIpc) is 2.52. The Labute approximate surface area is 134 Å². The van der Waals surface area contributed by atoms with Crippen molar-refractivity contribution in [2.75, 3.05) is 7.11 Å². The van der Waals surface area contributed by atoms with Crippen molar-refractivity contribution in [2.24, 2.45) is 5.73 Å². The van der Waals surface area contributed by atoms with Crippen LogP contribution in [0, 0.1) is 0 Å². The lowest BCUT2D eigenvalue weighted by Gasteiger charge is -2.16. The molecule has 0 fully saturated rings. The first kappa shape index (κ1) is 15.9. The molecule has 0 amide bonds. The van der Waals surface area contributed by atoms with Gasteiger partial charge >= 0.3 is 0 Å². The van der Waals surface area contributed by atoms with Gasteiger partial charge in [-0.1, -0.05) is 41.1 Å². The maximum atomic E-state index is 6.13. The molecular formula is C17H20BrNO2. The molecule has 0 aromatic heterocycles. The molecule has 0 aliphatic heterocycles. The van der Waals surface area contributed by atoms with Crippen LogP contribution in [0.3, 0.4) is 0 Å². The van der Waals surface area contributed by atoms with Gasteiger partial charge in [0, 0.05) is 21.6 Å². The lowest BCUT2D eigenvalue weighted by molar-refractivity contribution is 0.292. The molecule has 0 saturated carbocycles. The summed E-state index contributed by atoms with van der Waals surface area (Å²) < 4.78 is 12.3. The first-order valence-corrected chi connectivity index (χ1v) is 7.74. The molecule has 0 radical (unpaired) electrons. The summed E-state index contributed by atoms with van der Waals surface area (Å²) in [7, 11) is 1.66. The van der Waals surface area contributed by atoms with E-state index in [1.54, 1.807) is 7.11 Å². The van der Waals surface area contributed by atoms with E-state index in [0.29, 0.717) is 6.61 Å². The molecule has 0 aliphatic rings. The summed E-state index contributed by atoms with van der Waals surface area (Å²) in [6.07, 6.45) is 0.876. The third kappa shape index (κ3) is 3.99. The molecule has 2 aromatic rings. The van der Waals surface area contributed by atoms with E-state index in [-0.39, 0.29) is 6.04 Å². The van der Waals surface area contributed by atoms with Gasteiger partial charge in [-0.3, -0.25) is 0 Å². The molecular weight excluding hydrogens is 330 g/mol. The van der Waals surface area contributed by atoms with E-state index >= 15 is 0 Å². The van der Waals surface area contributed by atoms with Crippen molar-refractivity contribution >= 4 is 15.9 Å². The molecule has 2 rings (SSSR count). The molecule has 2 N–H and O–H groups in total. The fourth-order valence-electron chi connectivity index (χ4n) is 2.15. The first-order valence-electron chi connectivity index (χ1n) is 6.95. The minimum absolute atomic E-state index is 0.00870. The van der Waals surface area contributed by atoms with Crippen LogP contribution in [0.1, 0.15) is 30.5 Å². The topological polar surface area (TPSA) is 44.5 Å². The van der Waals surface area contributed by atoms with E-state index < -0.39 is 0 Å². The highest BCUT2D eigenvalue weighted by Crippen LogP contribution is 2.28. The fraction of sp³-hybridized carbons (Fsp3) is 0.294. The van der Waals surface area contributed by atoms with Gasteiger partial charge in [-0.15, -0.1) is 0 Å². The van der Waals surface area contributed by atoms with Gasteiger partial charge in [0.2, 0.25) is 0 Å². The van der Waals surface area contributed by atoms with Crippen molar-refractivity contribution in [3.05, 3.63) is 58.1 Å². The van der Waals surface area contributed by atoms with E-state index in [1.807, 2.05) is 42.5 Å². The Bertz CT molecular complexity index is 601. The van der Waals surface area contributed by atoms with Gasteiger partial charge in [-0.05, 0) is 30.7 Å². The monoisotopic (exact) mass is 349 g/mol. The zero-order chi connectivity index (χ0) is 15.2. The van der Waals surface area contributed by atoms with Gasteiger partial charge < -0.3 is 15.2 Å². The molecule has 0 saturated heterocycles. The van der Waals surface area contributed by atoms with Crippen LogP contribution in [0.15, 0.2) is 46.9 Å². The Morgan fingerprint density at radius 2 is 1.90 bits per heavy atom. The predicted octanol–water partition coefficient (Wildman–Crippen LogP) is 4.45. The zero-order valence-electron chi connectivity index (χ0n) is 12.3. The molecule has 4 heteroatoms. The van der Waals surface area contributed by atoms with Crippen molar-refractivity contribution in [2.45, 2.75) is 26.0 Å². The molecule has 0 aliphatic carbocycles. The number of benzene rings is 2. The third-order valence-electron chi connectivity index (χ3n) is 3.38. The minimum atomic E-state index is -0.00870. The van der Waals surface area contributed by atoms with Crippen LogP contribution in [0.4, 0.5) is 0 Å². The van der Waals surface area contributed by atoms with E-state index in [1.165, 1.54) is 0 Å². The molecule has 21 heavy (non-hydrogen) atoms. The summed E-state index contributed by atoms with van der Waals surface area (Å²) in [4.78, 5) is 0. The highest BCUT2D eigenvalue weighted by Gasteiger charge is 2.11. The standard InChI is InChI=1S/C17H20BrNO2/c1-3-15(19)14-6-4-5-7-17(14)21-11-12-10-13(18)8-9-16(12)20-2/h4-10,15H,3,11,19H2,1-2H3/t15-/m0/s1. The average molecular weight is 350 g/mol. The van der Waals surface area contributed by atoms with Crippen molar-refractivity contribution in [1.29, 1.82) is 0 Å². The number of hydrogen-bond donors (Lipinski definition) is 1. The summed E-state index contributed by atoms with van der Waals surface area (Å²) in [5.41, 5.74) is 8.16. The predicted molar refractivity (Wildman–Crippen MR) is 88.7 cm³/mol. The highest BCUT2D eigenvalue weighted by atomic mass is 79.9. The number of methoxy groups -OCH3 is 1. The van der Waals surface area contributed by atoms with E-state index in [4.69, 9.17) is 15.2 Å². The summed E-state index contributed by atoms with van der Waals surface area (Å²) in [6, 6.07) is 13.8. The van der Waals surface area contributed by atoms with Crippen LogP contribution < -0.4 is 15.2 Å². The second-order valence-corrected chi connectivity index (χ2v) is 5.71. The normalized spacial score (nSPS) is 12.0. The van der Waals surface area contributed by atoms with Crippen molar-refractivity contribution in [1.82, 2.24) is 0 Å². The molecule has 1 atom stereocenters. The largest absolute Gasteiger partial charge is 0.496 e. The maximum Gasteiger partial charge on any atom is 0.125 e. The zero-order valence-corrected chi connectivity index (χ0v) is 13.9. The Morgan fingerprint density at radius 3 is 2.62 bits per heavy atom. The van der Waals surface area contributed by atoms with Gasteiger partial charge in [-0.2, -0.15) is 0 Å². The van der Waals surface area contributed by atoms with E-state index in [2.05, 4.69) is 22.9 Å². The van der Waals surface area contributed by atoms with Crippen LogP contribution in [0.2, 0.25) is 0 Å². The van der Waals surface area contributed by atoms with Crippen molar-refractivity contribution < 1.29 is 9.47 Å². The lowest BCUT2D eigenvalue weighted by Crippen LogP contribution is -2.11. The number of halogens is 1. The second-order valence-electron chi connectivity index (χ2n) is 4.80. The maximum absolute atomic E-state index is 6.13. The van der Waals surface area contributed by atoms with Crippen molar-refractivity contribution in [3.63, 3.8) is 0 Å². The van der Waals surface area contributed by atoms with Crippen molar-refractivity contribution in [3.8, 4) is 11.5 Å². The quantitative estimate of drug-likeness (QED) is 0.837. The van der Waals surface area contributed by atoms with Crippen LogP contribution in [0.5, 0.6) is 11.5 Å². The molecule has 0 heterocycles. The van der Waals surface area contributed by atoms with Gasteiger partial charge in [0.05, 0.1) is 7.11 Å². The third-order valence-corrected chi connectivity index (χ3v) is 3.88. The smallest absolute Gasteiger partial charge is 0.125 e. The van der Waals surface area contributed by atoms with Crippen LogP contribution in [0.25, 0.3) is 0 Å². The Balaban J connectivity index is 2.19. The summed E-state index contributed by atoms with van der Waals surface area (Å²) in [5.74, 6) is 1.64. The lowest BCUT2D eigenvalue weighted by atomic mass is 10.0. The number of ether oxygens (including phenoxy) is 2.